The van der Waals surface area contributed by atoms with Crippen LogP contribution in [0.1, 0.15) is 35.5 Å². The van der Waals surface area contributed by atoms with Gasteiger partial charge in [-0.1, -0.05) is 30.3 Å². The number of carbonyl (C=O) groups is 1. The highest BCUT2D eigenvalue weighted by Crippen LogP contribution is 2.24. The van der Waals surface area contributed by atoms with Gasteiger partial charge in [-0.2, -0.15) is 9.82 Å². The Morgan fingerprint density at radius 2 is 1.92 bits per heavy atom. The molecule has 0 amide bonds. The molecule has 1 unspecified atom stereocenters. The Morgan fingerprint density at radius 3 is 2.48 bits per heavy atom. The van der Waals surface area contributed by atoms with Crippen molar-refractivity contribution in [2.45, 2.75) is 33.4 Å². The minimum atomic E-state index is -3.61. The molecule has 2 aromatic rings. The summed E-state index contributed by atoms with van der Waals surface area (Å²) in [5, 5.41) is 4.47. The van der Waals surface area contributed by atoms with Crippen LogP contribution in [0.2, 0.25) is 0 Å². The van der Waals surface area contributed by atoms with Crippen molar-refractivity contribution >= 4 is 16.0 Å². The van der Waals surface area contributed by atoms with Crippen LogP contribution in [0.25, 0.3) is 0 Å². The van der Waals surface area contributed by atoms with Crippen LogP contribution in [-0.4, -0.2) is 37.0 Å². The average molecular weight is 365 g/mol. The zero-order chi connectivity index (χ0) is 18.6. The summed E-state index contributed by atoms with van der Waals surface area (Å²) in [6.07, 6.45) is 1.01. The van der Waals surface area contributed by atoms with Gasteiger partial charge in [-0.3, -0.25) is 4.68 Å². The predicted molar refractivity (Wildman–Crippen MR) is 94.6 cm³/mol. The van der Waals surface area contributed by atoms with E-state index in [4.69, 9.17) is 4.74 Å². The van der Waals surface area contributed by atoms with Gasteiger partial charge in [0.1, 0.15) is 6.04 Å². The summed E-state index contributed by atoms with van der Waals surface area (Å²) in [5.41, 5.74) is 2.89. The standard InChI is InChI=1S/C17H23N3O4S/c1-5-24-17(21)16(19-25(4,22)23)15-12(2)18-20(13(15)3)11-14-9-7-6-8-10-14/h6-10,16,19H,5,11H2,1-4H3. The number of nitrogens with zero attached hydrogens (tertiary/aromatic N) is 2. The van der Waals surface area contributed by atoms with E-state index < -0.39 is 22.0 Å². The first-order valence-electron chi connectivity index (χ1n) is 7.94. The third-order valence-electron chi connectivity index (χ3n) is 3.76. The molecule has 0 aliphatic rings. The molecule has 0 saturated heterocycles. The quantitative estimate of drug-likeness (QED) is 0.754. The highest BCUT2D eigenvalue weighted by atomic mass is 32.2. The Kier molecular flexibility index (Phi) is 5.97. The summed E-state index contributed by atoms with van der Waals surface area (Å²) in [6, 6.07) is 8.66. The molecule has 0 bridgehead atoms. The second-order valence-electron chi connectivity index (χ2n) is 5.80. The summed E-state index contributed by atoms with van der Waals surface area (Å²) in [7, 11) is -3.61. The van der Waals surface area contributed by atoms with Crippen molar-refractivity contribution < 1.29 is 17.9 Å². The molecule has 0 aliphatic heterocycles. The van der Waals surface area contributed by atoms with Gasteiger partial charge in [0.25, 0.3) is 0 Å². The lowest BCUT2D eigenvalue weighted by molar-refractivity contribution is -0.145. The molecule has 8 heteroatoms. The third kappa shape index (κ3) is 4.90. The number of ether oxygens (including phenoxy) is 1. The van der Waals surface area contributed by atoms with E-state index in [1.54, 1.807) is 18.5 Å². The van der Waals surface area contributed by atoms with Gasteiger partial charge in [-0.15, -0.1) is 0 Å². The molecule has 0 fully saturated rings. The molecule has 7 nitrogen and oxygen atoms in total. The number of aryl methyl sites for hydroxylation is 1. The van der Waals surface area contributed by atoms with Crippen molar-refractivity contribution in [2.24, 2.45) is 0 Å². The van der Waals surface area contributed by atoms with Crippen LogP contribution in [0.15, 0.2) is 30.3 Å². The summed E-state index contributed by atoms with van der Waals surface area (Å²) in [5.74, 6) is -0.640. The van der Waals surface area contributed by atoms with Crippen LogP contribution in [-0.2, 0) is 26.1 Å². The molecule has 2 rings (SSSR count). The number of nitrogens with one attached hydrogen (secondary N) is 1. The van der Waals surface area contributed by atoms with Crippen molar-refractivity contribution in [2.75, 3.05) is 12.9 Å². The van der Waals surface area contributed by atoms with Crippen LogP contribution in [0, 0.1) is 13.8 Å². The third-order valence-corrected chi connectivity index (χ3v) is 4.42. The Bertz CT molecular complexity index is 844. The van der Waals surface area contributed by atoms with Crippen LogP contribution < -0.4 is 4.72 Å². The lowest BCUT2D eigenvalue weighted by atomic mass is 10.1. The molecule has 1 atom stereocenters. The van der Waals surface area contributed by atoms with Crippen molar-refractivity contribution in [3.8, 4) is 0 Å². The number of carbonyl (C=O) groups excluding carboxylic acids is 1. The van der Waals surface area contributed by atoms with E-state index in [2.05, 4.69) is 9.82 Å². The highest BCUT2D eigenvalue weighted by Gasteiger charge is 2.31. The maximum atomic E-state index is 12.3. The summed E-state index contributed by atoms with van der Waals surface area (Å²) in [4.78, 5) is 12.3. The molecule has 136 valence electrons. The number of hydrogen-bond donors (Lipinski definition) is 1. The zero-order valence-corrected chi connectivity index (χ0v) is 15.6. The van der Waals surface area contributed by atoms with Crippen molar-refractivity contribution in [3.05, 3.63) is 52.8 Å². The maximum absolute atomic E-state index is 12.3. The molecule has 25 heavy (non-hydrogen) atoms. The van der Waals surface area contributed by atoms with E-state index in [9.17, 15) is 13.2 Å². The number of sulfonamides is 1. The topological polar surface area (TPSA) is 90.3 Å². The molecule has 1 heterocycles. The number of esters is 1. The molecule has 0 radical (unpaired) electrons. The van der Waals surface area contributed by atoms with E-state index in [-0.39, 0.29) is 6.61 Å². The summed E-state index contributed by atoms with van der Waals surface area (Å²) >= 11 is 0. The average Bonchev–Trinajstić information content (AvgIpc) is 2.79. The van der Waals surface area contributed by atoms with E-state index in [1.807, 2.05) is 37.3 Å². The van der Waals surface area contributed by atoms with Crippen molar-refractivity contribution in [3.63, 3.8) is 0 Å². The number of benzene rings is 1. The van der Waals surface area contributed by atoms with Crippen molar-refractivity contribution in [1.82, 2.24) is 14.5 Å². The lowest BCUT2D eigenvalue weighted by Crippen LogP contribution is -2.35. The van der Waals surface area contributed by atoms with Gasteiger partial charge in [-0.05, 0) is 26.3 Å². The molecular formula is C17H23N3O4S. The second-order valence-corrected chi connectivity index (χ2v) is 7.58. The van der Waals surface area contributed by atoms with Crippen LogP contribution >= 0.6 is 0 Å². The first-order valence-corrected chi connectivity index (χ1v) is 9.83. The summed E-state index contributed by atoms with van der Waals surface area (Å²) < 4.78 is 32.6. The molecule has 0 saturated carbocycles. The Morgan fingerprint density at radius 1 is 1.28 bits per heavy atom. The summed E-state index contributed by atoms with van der Waals surface area (Å²) in [6.45, 7) is 5.93. The normalized spacial score (nSPS) is 12.8. The minimum absolute atomic E-state index is 0.164. The Labute approximate surface area is 148 Å². The first kappa shape index (κ1) is 19.1. The highest BCUT2D eigenvalue weighted by molar-refractivity contribution is 7.88. The second kappa shape index (κ2) is 7.79. The van der Waals surface area contributed by atoms with Gasteiger partial charge < -0.3 is 4.74 Å². The first-order chi connectivity index (χ1) is 11.7. The lowest BCUT2D eigenvalue weighted by Gasteiger charge is -2.17. The van der Waals surface area contributed by atoms with Gasteiger partial charge in [0, 0.05) is 11.3 Å². The Hall–Kier alpha value is -2.19. The zero-order valence-electron chi connectivity index (χ0n) is 14.8. The van der Waals surface area contributed by atoms with E-state index in [1.165, 1.54) is 0 Å². The Balaban J connectivity index is 2.42. The van der Waals surface area contributed by atoms with E-state index in [0.717, 1.165) is 17.5 Å². The molecule has 1 N–H and O–H groups in total. The molecule has 1 aromatic carbocycles. The minimum Gasteiger partial charge on any atom is -0.465 e. The SMILES string of the molecule is CCOC(=O)C(NS(C)(=O)=O)c1c(C)nn(Cc2ccccc2)c1C. The van der Waals surface area contributed by atoms with Crippen molar-refractivity contribution in [1.29, 1.82) is 0 Å². The van der Waals surface area contributed by atoms with Crippen LogP contribution in [0.3, 0.4) is 0 Å². The van der Waals surface area contributed by atoms with Gasteiger partial charge in [0.05, 0.1) is 25.1 Å². The fourth-order valence-corrected chi connectivity index (χ4v) is 3.35. The number of hydrogen-bond acceptors (Lipinski definition) is 5. The predicted octanol–water partition coefficient (Wildman–Crippen LogP) is 1.70. The fraction of sp³-hybridized carbons (Fsp3) is 0.412. The van der Waals surface area contributed by atoms with Gasteiger partial charge in [0.15, 0.2) is 0 Å². The van der Waals surface area contributed by atoms with Gasteiger partial charge in [-0.25, -0.2) is 13.2 Å². The van der Waals surface area contributed by atoms with E-state index >= 15 is 0 Å². The molecule has 0 spiro atoms. The van der Waals surface area contributed by atoms with Gasteiger partial charge >= 0.3 is 5.97 Å². The molecular weight excluding hydrogens is 342 g/mol. The monoisotopic (exact) mass is 365 g/mol. The maximum Gasteiger partial charge on any atom is 0.328 e. The van der Waals surface area contributed by atoms with E-state index in [0.29, 0.717) is 17.8 Å². The van der Waals surface area contributed by atoms with Gasteiger partial charge in [0.2, 0.25) is 10.0 Å². The van der Waals surface area contributed by atoms with Crippen LogP contribution in [0.4, 0.5) is 0 Å². The largest absolute Gasteiger partial charge is 0.465 e. The molecule has 0 aliphatic carbocycles. The van der Waals surface area contributed by atoms with Crippen LogP contribution in [0.5, 0.6) is 0 Å². The molecule has 1 aromatic heterocycles. The smallest absolute Gasteiger partial charge is 0.328 e. The number of aromatic nitrogens is 2. The number of rotatable bonds is 7. The fourth-order valence-electron chi connectivity index (χ4n) is 2.70.